The number of benzene rings is 2. The fourth-order valence-electron chi connectivity index (χ4n) is 8.13. The molecule has 0 unspecified atom stereocenters. The van der Waals surface area contributed by atoms with Crippen LogP contribution in [0.5, 0.6) is 0 Å². The molecule has 0 aliphatic heterocycles. The van der Waals surface area contributed by atoms with Gasteiger partial charge in [0.05, 0.1) is 11.7 Å². The van der Waals surface area contributed by atoms with Crippen molar-refractivity contribution >= 4 is 23.4 Å². The van der Waals surface area contributed by atoms with Crippen LogP contribution in [-0.4, -0.2) is 86.0 Å². The summed E-state index contributed by atoms with van der Waals surface area (Å²) in [5, 5.41) is 17.3. The number of nitrogens with zero attached hydrogens (tertiary/aromatic N) is 6. The summed E-state index contributed by atoms with van der Waals surface area (Å²) in [6.07, 6.45) is 9.21. The number of carbonyl (C=O) groups excluding carboxylic acids is 3. The van der Waals surface area contributed by atoms with Crippen molar-refractivity contribution in [2.75, 3.05) is 24.5 Å². The Balaban J connectivity index is 1.10. The maximum atomic E-state index is 14.1. The maximum absolute atomic E-state index is 14.1. The van der Waals surface area contributed by atoms with Gasteiger partial charge in [-0.2, -0.15) is 5.21 Å². The standard InChI is InChI=1S/C41H54N10O3/c1-4-50(5-2)33-20-16-32(17-21-33)45-39(52)37-22-26(3)35(25-44-37)29-10-6-27(7-11-29)23-36(43)41(54)51(40(53)31-12-8-28(24-42)9-13-31)34-18-14-30(15-19-34)38-46-48-49-47-38/h6-7,10-11,14-15,18-19,22,25,28,31-33,36H,4-5,8-9,12-13,16-17,20-21,23-24,42-43H2,1-3H3,(H,45,52)(H,46,47,48,49)/t28?,31?,32?,33?,36-/m0/s1. The van der Waals surface area contributed by atoms with E-state index < -0.39 is 11.9 Å². The molecule has 2 aliphatic rings. The van der Waals surface area contributed by atoms with Gasteiger partial charge in [0.15, 0.2) is 0 Å². The van der Waals surface area contributed by atoms with Gasteiger partial charge in [0.2, 0.25) is 11.7 Å². The highest BCUT2D eigenvalue weighted by molar-refractivity contribution is 6.17. The van der Waals surface area contributed by atoms with Gasteiger partial charge in [-0.05, 0) is 142 Å². The quantitative estimate of drug-likeness (QED) is 0.148. The second-order valence-corrected chi connectivity index (χ2v) is 14.8. The molecule has 6 rings (SSSR count). The molecule has 2 aliphatic carbocycles. The number of aromatic amines is 1. The number of H-pyrrole nitrogens is 1. The van der Waals surface area contributed by atoms with Crippen molar-refractivity contribution in [3.8, 4) is 22.5 Å². The average molecular weight is 735 g/mol. The first-order valence-corrected chi connectivity index (χ1v) is 19.5. The number of nitrogens with one attached hydrogen (secondary N) is 2. The van der Waals surface area contributed by atoms with Gasteiger partial charge in [-0.25, -0.2) is 4.90 Å². The van der Waals surface area contributed by atoms with Gasteiger partial charge in [0.1, 0.15) is 5.69 Å². The van der Waals surface area contributed by atoms with Crippen LogP contribution in [0.3, 0.4) is 0 Å². The molecule has 286 valence electrons. The van der Waals surface area contributed by atoms with Gasteiger partial charge in [-0.3, -0.25) is 19.4 Å². The highest BCUT2D eigenvalue weighted by Crippen LogP contribution is 2.32. The molecule has 0 radical (unpaired) electrons. The second kappa shape index (κ2) is 18.0. The van der Waals surface area contributed by atoms with Crippen molar-refractivity contribution in [2.45, 2.75) is 96.7 Å². The van der Waals surface area contributed by atoms with Gasteiger partial charge < -0.3 is 21.7 Å². The van der Waals surface area contributed by atoms with Crippen molar-refractivity contribution in [1.82, 2.24) is 35.8 Å². The molecule has 2 saturated carbocycles. The Labute approximate surface area is 317 Å². The molecule has 2 aromatic heterocycles. The average Bonchev–Trinajstić information content (AvgIpc) is 3.75. The van der Waals surface area contributed by atoms with E-state index in [9.17, 15) is 14.4 Å². The van der Waals surface area contributed by atoms with Crippen molar-refractivity contribution < 1.29 is 14.4 Å². The summed E-state index contributed by atoms with van der Waals surface area (Å²) in [6, 6.07) is 16.4. The molecule has 13 nitrogen and oxygen atoms in total. The first kappa shape index (κ1) is 38.9. The molecule has 0 saturated heterocycles. The predicted octanol–water partition coefficient (Wildman–Crippen LogP) is 4.81. The van der Waals surface area contributed by atoms with Gasteiger partial charge >= 0.3 is 0 Å². The Morgan fingerprint density at radius 1 is 0.907 bits per heavy atom. The maximum Gasteiger partial charge on any atom is 0.270 e. The molecule has 2 aromatic carbocycles. The van der Waals surface area contributed by atoms with Crippen LogP contribution in [-0.2, 0) is 16.0 Å². The van der Waals surface area contributed by atoms with E-state index in [1.54, 1.807) is 30.5 Å². The summed E-state index contributed by atoms with van der Waals surface area (Å²) < 4.78 is 0. The van der Waals surface area contributed by atoms with Crippen molar-refractivity contribution in [2.24, 2.45) is 23.3 Å². The third-order valence-corrected chi connectivity index (χ3v) is 11.4. The first-order valence-electron chi connectivity index (χ1n) is 19.5. The summed E-state index contributed by atoms with van der Waals surface area (Å²) >= 11 is 0. The third-order valence-electron chi connectivity index (χ3n) is 11.4. The van der Waals surface area contributed by atoms with Crippen LogP contribution >= 0.6 is 0 Å². The lowest BCUT2D eigenvalue weighted by atomic mass is 9.81. The van der Waals surface area contributed by atoms with Crippen LogP contribution in [0.2, 0.25) is 0 Å². The van der Waals surface area contributed by atoms with Crippen molar-refractivity contribution in [3.63, 3.8) is 0 Å². The zero-order valence-corrected chi connectivity index (χ0v) is 31.7. The lowest BCUT2D eigenvalue weighted by Crippen LogP contribution is -2.50. The minimum absolute atomic E-state index is 0.136. The number of amides is 3. The summed E-state index contributed by atoms with van der Waals surface area (Å²) in [5.41, 5.74) is 17.7. The van der Waals surface area contributed by atoms with Crippen molar-refractivity contribution in [1.29, 1.82) is 0 Å². The number of carbonyl (C=O) groups is 3. The van der Waals surface area contributed by atoms with Crippen LogP contribution in [0, 0.1) is 18.8 Å². The molecule has 0 spiro atoms. The molecule has 54 heavy (non-hydrogen) atoms. The molecule has 13 heteroatoms. The van der Waals surface area contributed by atoms with Gasteiger partial charge in [0.25, 0.3) is 11.8 Å². The zero-order chi connectivity index (χ0) is 38.2. The smallest absolute Gasteiger partial charge is 0.270 e. The molecule has 3 amide bonds. The van der Waals surface area contributed by atoms with Gasteiger partial charge in [0, 0.05) is 35.3 Å². The molecule has 6 N–H and O–H groups in total. The normalized spacial score (nSPS) is 20.7. The summed E-state index contributed by atoms with van der Waals surface area (Å²) in [4.78, 5) is 49.5. The number of rotatable bonds is 13. The number of aryl methyl sites for hydroxylation is 1. The Morgan fingerprint density at radius 2 is 1.57 bits per heavy atom. The Hall–Kier alpha value is -4.85. The largest absolute Gasteiger partial charge is 0.348 e. The minimum Gasteiger partial charge on any atom is -0.348 e. The zero-order valence-electron chi connectivity index (χ0n) is 31.7. The summed E-state index contributed by atoms with van der Waals surface area (Å²) in [7, 11) is 0. The second-order valence-electron chi connectivity index (χ2n) is 14.8. The number of pyridine rings is 1. The molecule has 1 atom stereocenters. The molecular weight excluding hydrogens is 681 g/mol. The van der Waals surface area contributed by atoms with E-state index in [2.05, 4.69) is 49.7 Å². The minimum atomic E-state index is -0.953. The summed E-state index contributed by atoms with van der Waals surface area (Å²) in [6.45, 7) is 9.11. The lowest BCUT2D eigenvalue weighted by Gasteiger charge is -2.36. The van der Waals surface area contributed by atoms with Crippen LogP contribution in [0.1, 0.15) is 86.8 Å². The Kier molecular flexibility index (Phi) is 12.9. The number of aromatic nitrogens is 5. The Morgan fingerprint density at radius 3 is 2.17 bits per heavy atom. The van der Waals surface area contributed by atoms with E-state index in [0.29, 0.717) is 54.1 Å². The highest BCUT2D eigenvalue weighted by Gasteiger charge is 2.35. The molecule has 4 aromatic rings. The molecule has 2 fully saturated rings. The Bertz CT molecular complexity index is 1840. The molecule has 0 bridgehead atoms. The van der Waals surface area contributed by atoms with Gasteiger partial charge in [-0.15, -0.1) is 10.2 Å². The highest BCUT2D eigenvalue weighted by atomic mass is 16.2. The number of hydrogen-bond acceptors (Lipinski definition) is 10. The van der Waals surface area contributed by atoms with Crippen LogP contribution < -0.4 is 21.7 Å². The van der Waals surface area contributed by atoms with E-state index in [1.807, 2.05) is 37.3 Å². The number of nitrogens with two attached hydrogens (primary N) is 2. The molecular formula is C41H54N10O3. The van der Waals surface area contributed by atoms with Gasteiger partial charge in [-0.1, -0.05) is 38.1 Å². The van der Waals surface area contributed by atoms with Crippen LogP contribution in [0.15, 0.2) is 60.8 Å². The van der Waals surface area contributed by atoms with E-state index in [4.69, 9.17) is 11.5 Å². The first-order chi connectivity index (χ1) is 26.2. The fourth-order valence-corrected chi connectivity index (χ4v) is 8.13. The topological polar surface area (TPSA) is 189 Å². The van der Waals surface area contributed by atoms with Crippen molar-refractivity contribution in [3.05, 3.63) is 77.6 Å². The van der Waals surface area contributed by atoms with Crippen LogP contribution in [0.25, 0.3) is 22.5 Å². The number of imide groups is 1. The molecule has 2 heterocycles. The predicted molar refractivity (Wildman–Crippen MR) is 209 cm³/mol. The summed E-state index contributed by atoms with van der Waals surface area (Å²) in [5.74, 6) is -0.306. The number of tetrazole rings is 1. The van der Waals surface area contributed by atoms with E-state index in [0.717, 1.165) is 73.9 Å². The SMILES string of the molecule is CCN(CC)C1CCC(NC(=O)c2cc(C)c(-c3ccc(C[C@H](N)C(=O)N(C(=O)C4CCC(CN)CC4)c4ccc(-c5nn[nH]n5)cc4)cc3)cn2)CC1. The van der Waals surface area contributed by atoms with E-state index >= 15 is 0 Å². The lowest BCUT2D eigenvalue weighted by molar-refractivity contribution is -0.130. The van der Waals surface area contributed by atoms with E-state index in [1.165, 1.54) is 4.90 Å². The number of hydrogen-bond donors (Lipinski definition) is 4. The van der Waals surface area contributed by atoms with E-state index in [-0.39, 0.29) is 30.2 Å². The fraction of sp³-hybridized carbons (Fsp3) is 0.488. The third kappa shape index (κ3) is 9.08. The number of anilines is 1. The van der Waals surface area contributed by atoms with Crippen LogP contribution in [0.4, 0.5) is 5.69 Å². The monoisotopic (exact) mass is 734 g/mol.